The van der Waals surface area contributed by atoms with Crippen molar-refractivity contribution in [2.75, 3.05) is 6.54 Å². The number of benzene rings is 2. The maximum absolute atomic E-state index is 12.6. The van der Waals surface area contributed by atoms with E-state index in [4.69, 9.17) is 4.74 Å². The van der Waals surface area contributed by atoms with E-state index in [1.807, 2.05) is 49.1 Å². The number of ether oxygens (including phenoxy) is 1. The molecule has 3 nitrogen and oxygen atoms in total. The summed E-state index contributed by atoms with van der Waals surface area (Å²) >= 11 is 0. The number of fused-ring (bicyclic) bond motifs is 1. The lowest BCUT2D eigenvalue weighted by atomic mass is 9.99. The van der Waals surface area contributed by atoms with E-state index < -0.39 is 6.10 Å². The standard InChI is InChI=1S/C19H21NO2/c1-14-7-3-6-10-18(14)22-15(2)19(21)20-12-11-16-8-4-5-9-17(16)13-20/h3-10,15H,11-13H2,1-2H3/t15-/m0/s1. The van der Waals surface area contributed by atoms with Gasteiger partial charge in [0.2, 0.25) is 0 Å². The number of hydrogen-bond acceptors (Lipinski definition) is 2. The van der Waals surface area contributed by atoms with Crippen molar-refractivity contribution in [3.05, 3.63) is 65.2 Å². The molecule has 3 heteroatoms. The van der Waals surface area contributed by atoms with E-state index in [2.05, 4.69) is 18.2 Å². The third-order valence-corrected chi connectivity index (χ3v) is 4.19. The Bertz CT molecular complexity index is 681. The molecule has 1 amide bonds. The molecule has 0 spiro atoms. The van der Waals surface area contributed by atoms with Gasteiger partial charge in [0.05, 0.1) is 0 Å². The summed E-state index contributed by atoms with van der Waals surface area (Å²) in [5, 5.41) is 0. The minimum absolute atomic E-state index is 0.0535. The van der Waals surface area contributed by atoms with Crippen LogP contribution in [0.15, 0.2) is 48.5 Å². The minimum Gasteiger partial charge on any atom is -0.481 e. The van der Waals surface area contributed by atoms with Crippen LogP contribution in [-0.4, -0.2) is 23.5 Å². The van der Waals surface area contributed by atoms with E-state index in [9.17, 15) is 4.79 Å². The van der Waals surface area contributed by atoms with Gasteiger partial charge in [0, 0.05) is 13.1 Å². The summed E-state index contributed by atoms with van der Waals surface area (Å²) in [6.07, 6.45) is 0.449. The zero-order chi connectivity index (χ0) is 15.5. The van der Waals surface area contributed by atoms with Crippen LogP contribution in [0.3, 0.4) is 0 Å². The molecule has 0 saturated carbocycles. The molecule has 1 aliphatic heterocycles. The SMILES string of the molecule is Cc1ccccc1O[C@@H](C)C(=O)N1CCc2ccccc2C1. The fourth-order valence-corrected chi connectivity index (χ4v) is 2.87. The van der Waals surface area contributed by atoms with Gasteiger partial charge < -0.3 is 9.64 Å². The summed E-state index contributed by atoms with van der Waals surface area (Å²) < 4.78 is 5.86. The molecule has 1 heterocycles. The molecule has 0 aliphatic carbocycles. The van der Waals surface area contributed by atoms with Gasteiger partial charge in [0.25, 0.3) is 5.91 Å². The molecule has 1 atom stereocenters. The number of aryl methyl sites for hydroxylation is 1. The highest BCUT2D eigenvalue weighted by Crippen LogP contribution is 2.21. The van der Waals surface area contributed by atoms with E-state index in [-0.39, 0.29) is 5.91 Å². The van der Waals surface area contributed by atoms with Crippen molar-refractivity contribution in [3.8, 4) is 5.75 Å². The van der Waals surface area contributed by atoms with Gasteiger partial charge in [-0.25, -0.2) is 0 Å². The van der Waals surface area contributed by atoms with Gasteiger partial charge in [0.15, 0.2) is 6.10 Å². The largest absolute Gasteiger partial charge is 0.481 e. The minimum atomic E-state index is -0.466. The van der Waals surface area contributed by atoms with Gasteiger partial charge in [-0.2, -0.15) is 0 Å². The Kier molecular flexibility index (Phi) is 4.14. The maximum atomic E-state index is 12.6. The number of para-hydroxylation sites is 1. The van der Waals surface area contributed by atoms with Crippen LogP contribution < -0.4 is 4.74 Å². The molecule has 0 aromatic heterocycles. The average molecular weight is 295 g/mol. The average Bonchev–Trinajstić information content (AvgIpc) is 2.55. The molecule has 114 valence electrons. The van der Waals surface area contributed by atoms with Crippen LogP contribution in [0, 0.1) is 6.92 Å². The molecule has 2 aromatic rings. The van der Waals surface area contributed by atoms with Gasteiger partial charge in [-0.3, -0.25) is 4.79 Å². The maximum Gasteiger partial charge on any atom is 0.263 e. The van der Waals surface area contributed by atoms with Crippen LogP contribution in [0.2, 0.25) is 0 Å². The number of carbonyl (C=O) groups is 1. The fourth-order valence-electron chi connectivity index (χ4n) is 2.87. The Labute approximate surface area is 131 Å². The molecular weight excluding hydrogens is 274 g/mol. The highest BCUT2D eigenvalue weighted by molar-refractivity contribution is 5.81. The van der Waals surface area contributed by atoms with Crippen LogP contribution >= 0.6 is 0 Å². The number of hydrogen-bond donors (Lipinski definition) is 0. The molecule has 0 N–H and O–H groups in total. The lowest BCUT2D eigenvalue weighted by Crippen LogP contribution is -2.43. The first kappa shape index (κ1) is 14.6. The molecule has 1 aliphatic rings. The molecule has 3 rings (SSSR count). The van der Waals surface area contributed by atoms with Crippen molar-refractivity contribution >= 4 is 5.91 Å². The normalized spacial score (nSPS) is 15.1. The number of nitrogens with zero attached hydrogens (tertiary/aromatic N) is 1. The van der Waals surface area contributed by atoms with Crippen LogP contribution in [0.25, 0.3) is 0 Å². The molecule has 0 unspecified atom stereocenters. The predicted molar refractivity (Wildman–Crippen MR) is 86.8 cm³/mol. The predicted octanol–water partition coefficient (Wildman–Crippen LogP) is 3.35. The summed E-state index contributed by atoms with van der Waals surface area (Å²) in [7, 11) is 0. The third kappa shape index (κ3) is 2.98. The smallest absolute Gasteiger partial charge is 0.263 e. The first-order valence-corrected chi connectivity index (χ1v) is 7.73. The quantitative estimate of drug-likeness (QED) is 0.869. The lowest BCUT2D eigenvalue weighted by molar-refractivity contribution is -0.138. The van der Waals surface area contributed by atoms with Crippen molar-refractivity contribution in [1.29, 1.82) is 0 Å². The highest BCUT2D eigenvalue weighted by atomic mass is 16.5. The first-order valence-electron chi connectivity index (χ1n) is 7.73. The molecule has 22 heavy (non-hydrogen) atoms. The molecule has 0 saturated heterocycles. The second-order valence-corrected chi connectivity index (χ2v) is 5.80. The van der Waals surface area contributed by atoms with Crippen molar-refractivity contribution in [3.63, 3.8) is 0 Å². The fraction of sp³-hybridized carbons (Fsp3) is 0.316. The highest BCUT2D eigenvalue weighted by Gasteiger charge is 2.25. The molecule has 0 fully saturated rings. The van der Waals surface area contributed by atoms with E-state index in [1.165, 1.54) is 11.1 Å². The Morgan fingerprint density at radius 3 is 2.55 bits per heavy atom. The summed E-state index contributed by atoms with van der Waals surface area (Å²) in [6, 6.07) is 16.1. The van der Waals surface area contributed by atoms with Crippen molar-refractivity contribution in [1.82, 2.24) is 4.90 Å². The van der Waals surface area contributed by atoms with Crippen molar-refractivity contribution in [2.45, 2.75) is 32.9 Å². The lowest BCUT2D eigenvalue weighted by Gasteiger charge is -2.31. The van der Waals surface area contributed by atoms with Crippen LogP contribution in [0.4, 0.5) is 0 Å². The topological polar surface area (TPSA) is 29.5 Å². The number of rotatable bonds is 3. The molecular formula is C19H21NO2. The third-order valence-electron chi connectivity index (χ3n) is 4.19. The van der Waals surface area contributed by atoms with Gasteiger partial charge in [-0.15, -0.1) is 0 Å². The Hall–Kier alpha value is -2.29. The Morgan fingerprint density at radius 1 is 1.09 bits per heavy atom. The Morgan fingerprint density at radius 2 is 1.77 bits per heavy atom. The van der Waals surface area contributed by atoms with Gasteiger partial charge in [-0.05, 0) is 43.0 Å². The zero-order valence-electron chi connectivity index (χ0n) is 13.1. The monoisotopic (exact) mass is 295 g/mol. The summed E-state index contributed by atoms with van der Waals surface area (Å²) in [4.78, 5) is 14.5. The van der Waals surface area contributed by atoms with Gasteiger partial charge >= 0.3 is 0 Å². The van der Waals surface area contributed by atoms with Crippen LogP contribution in [-0.2, 0) is 17.8 Å². The number of amides is 1. The molecule has 2 aromatic carbocycles. The summed E-state index contributed by atoms with van der Waals surface area (Å²) in [5.41, 5.74) is 3.63. The van der Waals surface area contributed by atoms with Crippen LogP contribution in [0.1, 0.15) is 23.6 Å². The summed E-state index contributed by atoms with van der Waals surface area (Å²) in [6.45, 7) is 5.26. The van der Waals surface area contributed by atoms with Gasteiger partial charge in [-0.1, -0.05) is 42.5 Å². The van der Waals surface area contributed by atoms with E-state index >= 15 is 0 Å². The second kappa shape index (κ2) is 6.22. The van der Waals surface area contributed by atoms with Crippen LogP contribution in [0.5, 0.6) is 5.75 Å². The first-order chi connectivity index (χ1) is 10.6. The molecule has 0 bridgehead atoms. The summed E-state index contributed by atoms with van der Waals surface area (Å²) in [5.74, 6) is 0.832. The van der Waals surface area contributed by atoms with E-state index in [1.54, 1.807) is 0 Å². The van der Waals surface area contributed by atoms with Gasteiger partial charge in [0.1, 0.15) is 5.75 Å². The zero-order valence-corrected chi connectivity index (χ0v) is 13.1. The second-order valence-electron chi connectivity index (χ2n) is 5.80. The van der Waals surface area contributed by atoms with Crippen molar-refractivity contribution in [2.24, 2.45) is 0 Å². The Balaban J connectivity index is 1.68. The number of carbonyl (C=O) groups excluding carboxylic acids is 1. The van der Waals surface area contributed by atoms with Crippen molar-refractivity contribution < 1.29 is 9.53 Å². The van der Waals surface area contributed by atoms with E-state index in [0.29, 0.717) is 6.54 Å². The molecule has 0 radical (unpaired) electrons. The van der Waals surface area contributed by atoms with E-state index in [0.717, 1.165) is 24.3 Å².